The molecule has 0 aliphatic heterocycles. The van der Waals surface area contributed by atoms with Crippen molar-refractivity contribution in [2.45, 2.75) is 33.6 Å². The number of aryl methyl sites for hydroxylation is 3. The third-order valence-electron chi connectivity index (χ3n) is 5.12. The molecule has 33 heavy (non-hydrogen) atoms. The Hall–Kier alpha value is -4.32. The van der Waals surface area contributed by atoms with Gasteiger partial charge in [0.25, 0.3) is 0 Å². The van der Waals surface area contributed by atoms with Crippen molar-refractivity contribution >= 4 is 28.6 Å². The fraction of sp³-hybridized carbons (Fsp3) is 0.250. The Morgan fingerprint density at radius 3 is 2.61 bits per heavy atom. The highest BCUT2D eigenvalue weighted by Crippen LogP contribution is 2.23. The first kappa shape index (κ1) is 21.9. The number of anilines is 2. The Labute approximate surface area is 191 Å². The lowest BCUT2D eigenvalue weighted by molar-refractivity contribution is -0.116. The van der Waals surface area contributed by atoms with Gasteiger partial charge in [0, 0.05) is 29.7 Å². The quantitative estimate of drug-likeness (QED) is 0.419. The number of nitrogens with one attached hydrogen (secondary N) is 2. The Kier molecular flexibility index (Phi) is 6.26. The van der Waals surface area contributed by atoms with Crippen LogP contribution in [0, 0.1) is 32.1 Å². The molecule has 0 saturated carbocycles. The van der Waals surface area contributed by atoms with Crippen molar-refractivity contribution in [1.29, 1.82) is 5.26 Å². The third kappa shape index (κ3) is 4.96. The summed E-state index contributed by atoms with van der Waals surface area (Å²) in [5, 5.41) is 20.8. The van der Waals surface area contributed by atoms with E-state index in [9.17, 15) is 10.1 Å². The van der Waals surface area contributed by atoms with Gasteiger partial charge in [-0.1, -0.05) is 18.2 Å². The van der Waals surface area contributed by atoms with Gasteiger partial charge in [-0.05, 0) is 51.0 Å². The van der Waals surface area contributed by atoms with E-state index in [4.69, 9.17) is 0 Å². The van der Waals surface area contributed by atoms with Crippen LogP contribution >= 0.6 is 0 Å². The van der Waals surface area contributed by atoms with Gasteiger partial charge in [-0.25, -0.2) is 15.0 Å². The molecule has 0 atom stereocenters. The zero-order valence-electron chi connectivity index (χ0n) is 18.8. The van der Waals surface area contributed by atoms with Gasteiger partial charge in [0.05, 0.1) is 11.7 Å². The summed E-state index contributed by atoms with van der Waals surface area (Å²) in [5.74, 6) is 1.19. The average molecular weight is 441 g/mol. The lowest BCUT2D eigenvalue weighted by atomic mass is 10.1. The molecular weight excluding hydrogens is 416 g/mol. The second kappa shape index (κ2) is 9.44. The fourth-order valence-corrected chi connectivity index (χ4v) is 3.61. The van der Waals surface area contributed by atoms with Crippen LogP contribution in [0.1, 0.15) is 35.4 Å². The van der Waals surface area contributed by atoms with E-state index >= 15 is 0 Å². The van der Waals surface area contributed by atoms with Gasteiger partial charge in [-0.2, -0.15) is 15.0 Å². The van der Waals surface area contributed by atoms with Gasteiger partial charge in [0.2, 0.25) is 11.9 Å². The third-order valence-corrected chi connectivity index (χ3v) is 5.12. The second-order valence-electron chi connectivity index (χ2n) is 7.80. The van der Waals surface area contributed by atoms with E-state index in [1.165, 1.54) is 10.9 Å². The molecule has 0 bridgehead atoms. The second-order valence-corrected chi connectivity index (χ2v) is 7.80. The smallest absolute Gasteiger partial charge is 0.225 e. The largest absolute Gasteiger partial charge is 0.354 e. The molecule has 3 aromatic heterocycles. The molecule has 0 radical (unpaired) electrons. The maximum Gasteiger partial charge on any atom is 0.225 e. The first-order chi connectivity index (χ1) is 15.9. The van der Waals surface area contributed by atoms with Gasteiger partial charge in [0.15, 0.2) is 11.6 Å². The molecular formula is C24H24N8O. The molecule has 0 unspecified atom stereocenters. The minimum atomic E-state index is -0.214. The number of hydrogen-bond acceptors (Lipinski definition) is 7. The van der Waals surface area contributed by atoms with Crippen LogP contribution < -0.4 is 10.6 Å². The average Bonchev–Trinajstić information content (AvgIpc) is 3.18. The summed E-state index contributed by atoms with van der Waals surface area (Å²) < 4.78 is 1.50. The minimum absolute atomic E-state index is 0.214. The molecule has 9 heteroatoms. The van der Waals surface area contributed by atoms with Gasteiger partial charge in [-0.3, -0.25) is 4.79 Å². The predicted molar refractivity (Wildman–Crippen MR) is 126 cm³/mol. The number of para-hydroxylation sites is 1. The maximum atomic E-state index is 12.6. The molecule has 0 spiro atoms. The summed E-state index contributed by atoms with van der Waals surface area (Å²) in [7, 11) is 0. The number of nitrogens with zero attached hydrogens (tertiary/aromatic N) is 6. The molecule has 9 nitrogen and oxygen atoms in total. The lowest BCUT2D eigenvalue weighted by Crippen LogP contribution is -2.17. The van der Waals surface area contributed by atoms with Gasteiger partial charge < -0.3 is 10.6 Å². The molecule has 4 aromatic rings. The highest BCUT2D eigenvalue weighted by atomic mass is 16.1. The Bertz CT molecular complexity index is 1350. The van der Waals surface area contributed by atoms with Crippen molar-refractivity contribution in [2.24, 2.45) is 0 Å². The van der Waals surface area contributed by atoms with Crippen LogP contribution in [0.25, 0.3) is 16.7 Å². The van der Waals surface area contributed by atoms with E-state index in [-0.39, 0.29) is 17.9 Å². The summed E-state index contributed by atoms with van der Waals surface area (Å²) in [4.78, 5) is 25.9. The van der Waals surface area contributed by atoms with Crippen molar-refractivity contribution in [3.8, 4) is 11.9 Å². The predicted octanol–water partition coefficient (Wildman–Crippen LogP) is 3.84. The summed E-state index contributed by atoms with van der Waals surface area (Å²) >= 11 is 0. The molecule has 1 amide bonds. The van der Waals surface area contributed by atoms with Crippen LogP contribution in [0.4, 0.5) is 11.8 Å². The zero-order valence-corrected chi connectivity index (χ0v) is 18.8. The Balaban J connectivity index is 1.45. The van der Waals surface area contributed by atoms with Crippen LogP contribution in [-0.2, 0) is 4.79 Å². The summed E-state index contributed by atoms with van der Waals surface area (Å²) in [5.41, 5.74) is 3.90. The number of benzene rings is 1. The Morgan fingerprint density at radius 1 is 1.09 bits per heavy atom. The van der Waals surface area contributed by atoms with E-state index < -0.39 is 0 Å². The Morgan fingerprint density at radius 2 is 1.85 bits per heavy atom. The van der Waals surface area contributed by atoms with Gasteiger partial charge >= 0.3 is 0 Å². The molecule has 0 aliphatic carbocycles. The molecule has 0 saturated heterocycles. The maximum absolute atomic E-state index is 12.6. The summed E-state index contributed by atoms with van der Waals surface area (Å²) in [6.45, 7) is 6.36. The van der Waals surface area contributed by atoms with Crippen molar-refractivity contribution in [2.75, 3.05) is 17.2 Å². The zero-order chi connectivity index (χ0) is 23.4. The van der Waals surface area contributed by atoms with E-state index in [1.807, 2.05) is 57.2 Å². The SMILES string of the molecule is Cc1cc(C)nc(NCCCC(=O)Nc2c(C#N)cnn2-c2cc(C)c3ccccc3n2)n1. The van der Waals surface area contributed by atoms with Crippen molar-refractivity contribution < 1.29 is 4.79 Å². The number of aromatic nitrogens is 5. The molecule has 0 fully saturated rings. The number of carbonyl (C=O) groups excluding carboxylic acids is 1. The van der Waals surface area contributed by atoms with E-state index in [2.05, 4.69) is 36.8 Å². The number of nitriles is 1. The molecule has 3 heterocycles. The van der Waals surface area contributed by atoms with Gasteiger partial charge in [0.1, 0.15) is 11.6 Å². The summed E-state index contributed by atoms with van der Waals surface area (Å²) in [6.07, 6.45) is 2.27. The minimum Gasteiger partial charge on any atom is -0.354 e. The van der Waals surface area contributed by atoms with Crippen molar-refractivity contribution in [3.63, 3.8) is 0 Å². The summed E-state index contributed by atoms with van der Waals surface area (Å²) in [6, 6.07) is 13.7. The monoisotopic (exact) mass is 440 g/mol. The van der Waals surface area contributed by atoms with Crippen molar-refractivity contribution in [1.82, 2.24) is 24.7 Å². The standard InChI is InChI=1S/C24H24N8O/c1-15-11-21(30-20-8-5-4-7-19(15)20)32-23(18(13-25)14-27-32)31-22(33)9-6-10-26-24-28-16(2)12-17(3)29-24/h4-5,7-8,11-12,14H,6,9-10H2,1-3H3,(H,31,33)(H,26,28,29). The number of rotatable bonds is 7. The number of carbonyl (C=O) groups is 1. The fourth-order valence-electron chi connectivity index (χ4n) is 3.61. The van der Waals surface area contributed by atoms with Crippen LogP contribution in [0.5, 0.6) is 0 Å². The highest BCUT2D eigenvalue weighted by Gasteiger charge is 2.17. The van der Waals surface area contributed by atoms with Crippen LogP contribution in [0.15, 0.2) is 42.6 Å². The van der Waals surface area contributed by atoms with E-state index in [0.29, 0.717) is 30.5 Å². The molecule has 166 valence electrons. The molecule has 4 rings (SSSR count). The number of pyridine rings is 1. The molecule has 0 aliphatic rings. The lowest BCUT2D eigenvalue weighted by Gasteiger charge is -2.11. The van der Waals surface area contributed by atoms with Crippen LogP contribution in [-0.4, -0.2) is 37.2 Å². The first-order valence-corrected chi connectivity index (χ1v) is 10.7. The van der Waals surface area contributed by atoms with E-state index in [0.717, 1.165) is 27.9 Å². The molecule has 1 aromatic carbocycles. The van der Waals surface area contributed by atoms with Crippen LogP contribution in [0.3, 0.4) is 0 Å². The van der Waals surface area contributed by atoms with Crippen molar-refractivity contribution in [3.05, 3.63) is 65.1 Å². The topological polar surface area (TPSA) is 121 Å². The number of amides is 1. The van der Waals surface area contributed by atoms with Crippen LogP contribution in [0.2, 0.25) is 0 Å². The van der Waals surface area contributed by atoms with Gasteiger partial charge in [-0.15, -0.1) is 0 Å². The number of hydrogen-bond donors (Lipinski definition) is 2. The van der Waals surface area contributed by atoms with E-state index in [1.54, 1.807) is 0 Å². The number of fused-ring (bicyclic) bond motifs is 1. The normalized spacial score (nSPS) is 10.7. The molecule has 2 N–H and O–H groups in total. The first-order valence-electron chi connectivity index (χ1n) is 10.7. The highest BCUT2D eigenvalue weighted by molar-refractivity contribution is 5.91.